The van der Waals surface area contributed by atoms with E-state index in [1.54, 1.807) is 0 Å². The molecule has 1 atom stereocenters. The van der Waals surface area contributed by atoms with E-state index in [0.29, 0.717) is 6.54 Å². The second-order valence-electron chi connectivity index (χ2n) is 5.08. The summed E-state index contributed by atoms with van der Waals surface area (Å²) < 4.78 is 1.04. The van der Waals surface area contributed by atoms with Gasteiger partial charge in [-0.05, 0) is 30.5 Å². The molecule has 2 nitrogen and oxygen atoms in total. The molecule has 0 spiro atoms. The first kappa shape index (κ1) is 13.1. The highest BCUT2D eigenvalue weighted by Crippen LogP contribution is 2.45. The summed E-state index contributed by atoms with van der Waals surface area (Å²) in [5.74, 6) is 0. The molecular weight excluding hydrogens is 278 g/mol. The zero-order valence-electron chi connectivity index (χ0n) is 10.0. The summed E-state index contributed by atoms with van der Waals surface area (Å²) in [5, 5.41) is 10.6. The number of hydrogen-bond acceptors (Lipinski definition) is 2. The smallest absolute Gasteiger partial charge is 0.0858 e. The van der Waals surface area contributed by atoms with Crippen molar-refractivity contribution in [1.29, 1.82) is 0 Å². The number of aliphatic hydroxyl groups is 1. The SMILES string of the molecule is NCC1(C(O)c2ccc(Br)cc2)CCCCC1. The van der Waals surface area contributed by atoms with Crippen LogP contribution in [0.3, 0.4) is 0 Å². The molecule has 1 aromatic rings. The van der Waals surface area contributed by atoms with Crippen LogP contribution in [-0.4, -0.2) is 11.7 Å². The minimum atomic E-state index is -0.430. The molecule has 1 fully saturated rings. The van der Waals surface area contributed by atoms with Crippen LogP contribution in [0.2, 0.25) is 0 Å². The number of halogens is 1. The predicted octanol–water partition coefficient (Wildman–Crippen LogP) is 3.39. The van der Waals surface area contributed by atoms with Gasteiger partial charge in [-0.25, -0.2) is 0 Å². The fraction of sp³-hybridized carbons (Fsp3) is 0.571. The van der Waals surface area contributed by atoms with E-state index < -0.39 is 6.10 Å². The molecule has 1 saturated carbocycles. The molecule has 0 heterocycles. The van der Waals surface area contributed by atoms with Gasteiger partial charge in [0.25, 0.3) is 0 Å². The second-order valence-corrected chi connectivity index (χ2v) is 6.00. The zero-order valence-corrected chi connectivity index (χ0v) is 11.6. The lowest BCUT2D eigenvalue weighted by atomic mass is 9.68. The summed E-state index contributed by atoms with van der Waals surface area (Å²) in [6, 6.07) is 7.93. The molecule has 94 valence electrons. The summed E-state index contributed by atoms with van der Waals surface area (Å²) in [4.78, 5) is 0. The van der Waals surface area contributed by atoms with Crippen LogP contribution in [0.5, 0.6) is 0 Å². The molecular formula is C14H20BrNO. The largest absolute Gasteiger partial charge is 0.388 e. The van der Waals surface area contributed by atoms with Gasteiger partial charge in [0, 0.05) is 16.4 Å². The van der Waals surface area contributed by atoms with Crippen LogP contribution in [0, 0.1) is 5.41 Å². The van der Waals surface area contributed by atoms with Gasteiger partial charge in [0.05, 0.1) is 6.10 Å². The fourth-order valence-corrected chi connectivity index (χ4v) is 3.11. The summed E-state index contributed by atoms with van der Waals surface area (Å²) >= 11 is 3.41. The molecule has 1 unspecified atom stereocenters. The molecule has 0 aromatic heterocycles. The molecule has 1 aliphatic rings. The average Bonchev–Trinajstić information content (AvgIpc) is 2.39. The van der Waals surface area contributed by atoms with Crippen molar-refractivity contribution >= 4 is 15.9 Å². The Morgan fingerprint density at radius 2 is 1.76 bits per heavy atom. The number of benzene rings is 1. The van der Waals surface area contributed by atoms with Crippen LogP contribution < -0.4 is 5.73 Å². The number of hydrogen-bond donors (Lipinski definition) is 2. The lowest BCUT2D eigenvalue weighted by Crippen LogP contribution is -2.38. The third-order valence-corrected chi connectivity index (χ3v) is 4.55. The van der Waals surface area contributed by atoms with Gasteiger partial charge >= 0.3 is 0 Å². The second kappa shape index (κ2) is 5.51. The Kier molecular flexibility index (Phi) is 4.23. The van der Waals surface area contributed by atoms with Gasteiger partial charge in [0.1, 0.15) is 0 Å². The topological polar surface area (TPSA) is 46.2 Å². The lowest BCUT2D eigenvalue weighted by molar-refractivity contribution is 0.000691. The first-order valence-corrected chi connectivity index (χ1v) is 7.11. The van der Waals surface area contributed by atoms with Crippen molar-refractivity contribution in [2.24, 2.45) is 11.1 Å². The van der Waals surface area contributed by atoms with Crippen LogP contribution in [-0.2, 0) is 0 Å². The van der Waals surface area contributed by atoms with E-state index in [9.17, 15) is 5.11 Å². The maximum atomic E-state index is 10.6. The minimum absolute atomic E-state index is 0.105. The van der Waals surface area contributed by atoms with Crippen molar-refractivity contribution in [3.63, 3.8) is 0 Å². The Hall–Kier alpha value is -0.380. The van der Waals surface area contributed by atoms with E-state index in [-0.39, 0.29) is 5.41 Å². The predicted molar refractivity (Wildman–Crippen MR) is 73.7 cm³/mol. The van der Waals surface area contributed by atoms with Crippen LogP contribution in [0.4, 0.5) is 0 Å². The van der Waals surface area contributed by atoms with E-state index in [2.05, 4.69) is 15.9 Å². The molecule has 2 rings (SSSR count). The van der Waals surface area contributed by atoms with Gasteiger partial charge < -0.3 is 10.8 Å². The molecule has 0 bridgehead atoms. The van der Waals surface area contributed by atoms with Crippen molar-refractivity contribution in [3.8, 4) is 0 Å². The van der Waals surface area contributed by atoms with E-state index in [0.717, 1.165) is 22.9 Å². The zero-order chi connectivity index (χ0) is 12.3. The van der Waals surface area contributed by atoms with E-state index in [1.165, 1.54) is 19.3 Å². The highest BCUT2D eigenvalue weighted by atomic mass is 79.9. The van der Waals surface area contributed by atoms with Gasteiger partial charge in [0.15, 0.2) is 0 Å². The van der Waals surface area contributed by atoms with E-state index in [1.807, 2.05) is 24.3 Å². The van der Waals surface area contributed by atoms with Crippen LogP contribution in [0.1, 0.15) is 43.8 Å². The van der Waals surface area contributed by atoms with Crippen molar-refractivity contribution in [2.45, 2.75) is 38.2 Å². The van der Waals surface area contributed by atoms with Gasteiger partial charge in [-0.2, -0.15) is 0 Å². The highest BCUT2D eigenvalue weighted by Gasteiger charge is 2.38. The van der Waals surface area contributed by atoms with E-state index >= 15 is 0 Å². The number of rotatable bonds is 3. The summed E-state index contributed by atoms with van der Waals surface area (Å²) in [6.07, 6.45) is 5.30. The Balaban J connectivity index is 2.21. The molecule has 3 N–H and O–H groups in total. The molecule has 0 amide bonds. The minimum Gasteiger partial charge on any atom is -0.388 e. The Bertz CT molecular complexity index is 357. The number of nitrogens with two attached hydrogens (primary N) is 1. The molecule has 17 heavy (non-hydrogen) atoms. The van der Waals surface area contributed by atoms with Crippen molar-refractivity contribution in [2.75, 3.05) is 6.54 Å². The highest BCUT2D eigenvalue weighted by molar-refractivity contribution is 9.10. The Morgan fingerprint density at radius 1 is 1.18 bits per heavy atom. The van der Waals surface area contributed by atoms with Crippen molar-refractivity contribution in [3.05, 3.63) is 34.3 Å². The van der Waals surface area contributed by atoms with Crippen molar-refractivity contribution < 1.29 is 5.11 Å². The monoisotopic (exact) mass is 297 g/mol. The van der Waals surface area contributed by atoms with Crippen LogP contribution in [0.15, 0.2) is 28.7 Å². The van der Waals surface area contributed by atoms with Crippen LogP contribution in [0.25, 0.3) is 0 Å². The third kappa shape index (κ3) is 2.72. The maximum absolute atomic E-state index is 10.6. The quantitative estimate of drug-likeness (QED) is 0.898. The maximum Gasteiger partial charge on any atom is 0.0858 e. The van der Waals surface area contributed by atoms with Gasteiger partial charge in [0.2, 0.25) is 0 Å². The molecule has 0 aliphatic heterocycles. The Morgan fingerprint density at radius 3 is 2.29 bits per heavy atom. The van der Waals surface area contributed by atoms with Gasteiger partial charge in [-0.1, -0.05) is 47.3 Å². The van der Waals surface area contributed by atoms with Gasteiger partial charge in [-0.3, -0.25) is 0 Å². The van der Waals surface area contributed by atoms with Crippen molar-refractivity contribution in [1.82, 2.24) is 0 Å². The third-order valence-electron chi connectivity index (χ3n) is 4.02. The molecule has 3 heteroatoms. The van der Waals surface area contributed by atoms with E-state index in [4.69, 9.17) is 5.73 Å². The first-order chi connectivity index (χ1) is 8.18. The van der Waals surface area contributed by atoms with Gasteiger partial charge in [-0.15, -0.1) is 0 Å². The lowest BCUT2D eigenvalue weighted by Gasteiger charge is -2.40. The molecule has 0 radical (unpaired) electrons. The average molecular weight is 298 g/mol. The summed E-state index contributed by atoms with van der Waals surface area (Å²) in [6.45, 7) is 0.574. The standard InChI is InChI=1S/C14H20BrNO/c15-12-6-4-11(5-7-12)13(17)14(10-16)8-2-1-3-9-14/h4-7,13,17H,1-3,8-10,16H2. The summed E-state index contributed by atoms with van der Waals surface area (Å²) in [7, 11) is 0. The normalized spacial score (nSPS) is 21.1. The molecule has 1 aliphatic carbocycles. The molecule has 0 saturated heterocycles. The molecule has 1 aromatic carbocycles. The fourth-order valence-electron chi connectivity index (χ4n) is 2.84. The van der Waals surface area contributed by atoms with Crippen LogP contribution >= 0.6 is 15.9 Å². The summed E-state index contributed by atoms with van der Waals surface area (Å²) in [5.41, 5.74) is 6.82. The number of aliphatic hydroxyl groups excluding tert-OH is 1. The first-order valence-electron chi connectivity index (χ1n) is 6.31. The Labute approximate surface area is 111 Å².